The number of nitrogens with two attached hydrogens (primary N) is 1. The maximum absolute atomic E-state index is 12.9. The molecule has 1 heterocycles. The van der Waals surface area contributed by atoms with E-state index in [1.54, 1.807) is 24.4 Å². The minimum atomic E-state index is -1.42. The van der Waals surface area contributed by atoms with Crippen molar-refractivity contribution in [3.8, 4) is 0 Å². The second-order valence-corrected chi connectivity index (χ2v) is 7.04. The topological polar surface area (TPSA) is 72.2 Å². The first-order valence-corrected chi connectivity index (χ1v) is 7.88. The van der Waals surface area contributed by atoms with Crippen LogP contribution in [0.4, 0.5) is 15.8 Å². The van der Waals surface area contributed by atoms with Crippen LogP contribution in [0.1, 0.15) is 6.92 Å². The molecule has 1 aromatic heterocycles. The molecule has 0 aliphatic carbocycles. The highest BCUT2D eigenvalue weighted by atomic mass is 32.2. The molecule has 0 aliphatic heterocycles. The smallest absolute Gasteiger partial charge is 0.240 e. The standard InChI is InChI=1S/C13H13FN2O2S2/c1-8(20(18)12-3-2-6-19-12)13(17)16-11-5-4-9(14)7-10(11)15/h2-8H,15H2,1H3,(H,16,17). The van der Waals surface area contributed by atoms with Crippen molar-refractivity contribution in [1.82, 2.24) is 0 Å². The number of benzene rings is 1. The van der Waals surface area contributed by atoms with Gasteiger partial charge in [0.25, 0.3) is 0 Å². The summed E-state index contributed by atoms with van der Waals surface area (Å²) in [4.78, 5) is 12.0. The zero-order valence-corrected chi connectivity index (χ0v) is 12.3. The minimum Gasteiger partial charge on any atom is -0.397 e. The highest BCUT2D eigenvalue weighted by molar-refractivity contribution is 7.88. The predicted molar refractivity (Wildman–Crippen MR) is 79.6 cm³/mol. The zero-order valence-electron chi connectivity index (χ0n) is 10.6. The Hall–Kier alpha value is -1.73. The van der Waals surface area contributed by atoms with Crippen molar-refractivity contribution in [3.63, 3.8) is 0 Å². The Balaban J connectivity index is 2.10. The largest absolute Gasteiger partial charge is 0.397 e. The summed E-state index contributed by atoms with van der Waals surface area (Å²) < 4.78 is 25.7. The number of anilines is 2. The van der Waals surface area contributed by atoms with Crippen LogP contribution in [0.2, 0.25) is 0 Å². The molecule has 7 heteroatoms. The lowest BCUT2D eigenvalue weighted by molar-refractivity contribution is -0.115. The van der Waals surface area contributed by atoms with Crippen LogP contribution >= 0.6 is 11.3 Å². The molecule has 2 aromatic rings. The van der Waals surface area contributed by atoms with Crippen LogP contribution in [0.5, 0.6) is 0 Å². The third-order valence-corrected chi connectivity index (χ3v) is 5.49. The third-order valence-electron chi connectivity index (χ3n) is 2.66. The van der Waals surface area contributed by atoms with Gasteiger partial charge >= 0.3 is 0 Å². The number of halogens is 1. The zero-order chi connectivity index (χ0) is 14.7. The molecule has 0 spiro atoms. The molecular weight excluding hydrogens is 299 g/mol. The molecule has 20 heavy (non-hydrogen) atoms. The number of carbonyl (C=O) groups is 1. The van der Waals surface area contributed by atoms with E-state index in [2.05, 4.69) is 5.32 Å². The van der Waals surface area contributed by atoms with E-state index in [4.69, 9.17) is 5.73 Å². The van der Waals surface area contributed by atoms with Crippen molar-refractivity contribution in [1.29, 1.82) is 0 Å². The summed E-state index contributed by atoms with van der Waals surface area (Å²) in [5, 5.41) is 3.64. The second-order valence-electron chi connectivity index (χ2n) is 4.09. The molecule has 0 fully saturated rings. The Kier molecular flexibility index (Phi) is 4.51. The van der Waals surface area contributed by atoms with Gasteiger partial charge in [-0.1, -0.05) is 6.07 Å². The Labute approximate surface area is 122 Å². The van der Waals surface area contributed by atoms with Crippen molar-refractivity contribution in [2.45, 2.75) is 16.4 Å². The quantitative estimate of drug-likeness (QED) is 0.852. The van der Waals surface area contributed by atoms with E-state index in [-0.39, 0.29) is 5.69 Å². The van der Waals surface area contributed by atoms with Crippen LogP contribution in [0.15, 0.2) is 39.9 Å². The fourth-order valence-corrected chi connectivity index (χ4v) is 3.77. The Bertz CT molecular complexity index is 644. The van der Waals surface area contributed by atoms with E-state index in [0.29, 0.717) is 9.90 Å². The maximum atomic E-state index is 12.9. The van der Waals surface area contributed by atoms with E-state index in [1.165, 1.54) is 23.5 Å². The number of rotatable bonds is 4. The number of thiophene rings is 1. The molecule has 0 aliphatic rings. The van der Waals surface area contributed by atoms with Gasteiger partial charge in [-0.05, 0) is 36.6 Å². The third kappa shape index (κ3) is 3.23. The highest BCUT2D eigenvalue weighted by Crippen LogP contribution is 2.21. The van der Waals surface area contributed by atoms with E-state index in [1.807, 2.05) is 0 Å². The Morgan fingerprint density at radius 2 is 2.20 bits per heavy atom. The van der Waals surface area contributed by atoms with E-state index in [0.717, 1.165) is 6.07 Å². The number of nitrogens with one attached hydrogen (secondary N) is 1. The molecule has 106 valence electrons. The summed E-state index contributed by atoms with van der Waals surface area (Å²) in [6, 6.07) is 7.20. The predicted octanol–water partition coefficient (Wildman–Crippen LogP) is 2.60. The number of carbonyl (C=O) groups excluding carboxylic acids is 1. The van der Waals surface area contributed by atoms with Crippen LogP contribution in [0.3, 0.4) is 0 Å². The van der Waals surface area contributed by atoms with Crippen LogP contribution in [-0.4, -0.2) is 15.4 Å². The minimum absolute atomic E-state index is 0.132. The van der Waals surface area contributed by atoms with Crippen LogP contribution in [0.25, 0.3) is 0 Å². The summed E-state index contributed by atoms with van der Waals surface area (Å²) in [7, 11) is -1.42. The normalized spacial score (nSPS) is 13.7. The van der Waals surface area contributed by atoms with E-state index < -0.39 is 27.8 Å². The number of hydrogen-bond acceptors (Lipinski definition) is 4. The lowest BCUT2D eigenvalue weighted by atomic mass is 10.2. The second kappa shape index (κ2) is 6.15. The lowest BCUT2D eigenvalue weighted by Gasteiger charge is -2.12. The summed E-state index contributed by atoms with van der Waals surface area (Å²) in [6.07, 6.45) is 0. The first-order chi connectivity index (χ1) is 9.49. The van der Waals surface area contributed by atoms with Crippen molar-refractivity contribution in [2.75, 3.05) is 11.1 Å². The first-order valence-electron chi connectivity index (χ1n) is 5.79. The molecule has 4 nitrogen and oxygen atoms in total. The van der Waals surface area contributed by atoms with Gasteiger partial charge in [0.05, 0.1) is 26.4 Å². The molecular formula is C13H13FN2O2S2. The van der Waals surface area contributed by atoms with Gasteiger partial charge in [-0.2, -0.15) is 0 Å². The molecule has 0 radical (unpaired) electrons. The SMILES string of the molecule is CC(C(=O)Nc1ccc(F)cc1N)S(=O)c1cccs1. The summed E-state index contributed by atoms with van der Waals surface area (Å²) in [5.41, 5.74) is 6.06. The number of nitrogen functional groups attached to an aromatic ring is 1. The molecule has 0 saturated heterocycles. The number of amides is 1. The molecule has 0 bridgehead atoms. The monoisotopic (exact) mass is 312 g/mol. The Morgan fingerprint density at radius 1 is 1.45 bits per heavy atom. The average Bonchev–Trinajstić information content (AvgIpc) is 2.94. The molecule has 2 atom stereocenters. The van der Waals surface area contributed by atoms with Crippen molar-refractivity contribution in [3.05, 3.63) is 41.5 Å². The molecule has 2 unspecified atom stereocenters. The van der Waals surface area contributed by atoms with Crippen LogP contribution in [0, 0.1) is 5.82 Å². The summed E-state index contributed by atoms with van der Waals surface area (Å²) in [5.74, 6) is -0.897. The number of hydrogen-bond donors (Lipinski definition) is 2. The molecule has 1 amide bonds. The van der Waals surface area contributed by atoms with E-state index >= 15 is 0 Å². The summed E-state index contributed by atoms with van der Waals surface area (Å²) >= 11 is 1.33. The fraction of sp³-hybridized carbons (Fsp3) is 0.154. The van der Waals surface area contributed by atoms with E-state index in [9.17, 15) is 13.4 Å². The van der Waals surface area contributed by atoms with Gasteiger partial charge in [0, 0.05) is 0 Å². The van der Waals surface area contributed by atoms with Crippen LogP contribution < -0.4 is 11.1 Å². The van der Waals surface area contributed by atoms with Crippen molar-refractivity contribution in [2.24, 2.45) is 0 Å². The average molecular weight is 312 g/mol. The molecule has 1 aromatic carbocycles. The van der Waals surface area contributed by atoms with Crippen molar-refractivity contribution < 1.29 is 13.4 Å². The fourth-order valence-electron chi connectivity index (χ4n) is 1.53. The lowest BCUT2D eigenvalue weighted by Crippen LogP contribution is -2.29. The van der Waals surface area contributed by atoms with Gasteiger partial charge in [0.1, 0.15) is 11.1 Å². The van der Waals surface area contributed by atoms with Crippen LogP contribution in [-0.2, 0) is 15.6 Å². The van der Waals surface area contributed by atoms with Gasteiger partial charge in [-0.15, -0.1) is 11.3 Å². The molecule has 0 saturated carbocycles. The van der Waals surface area contributed by atoms with Gasteiger partial charge in [-0.3, -0.25) is 9.00 Å². The van der Waals surface area contributed by atoms with Crippen molar-refractivity contribution >= 4 is 39.4 Å². The van der Waals surface area contributed by atoms with Gasteiger partial charge < -0.3 is 11.1 Å². The maximum Gasteiger partial charge on any atom is 0.240 e. The Morgan fingerprint density at radius 3 is 2.80 bits per heavy atom. The van der Waals surface area contributed by atoms with Gasteiger partial charge in [0.15, 0.2) is 0 Å². The van der Waals surface area contributed by atoms with Gasteiger partial charge in [0.2, 0.25) is 5.91 Å². The molecule has 2 rings (SSSR count). The first kappa shape index (κ1) is 14.7. The summed E-state index contributed by atoms with van der Waals surface area (Å²) in [6.45, 7) is 1.57. The highest BCUT2D eigenvalue weighted by Gasteiger charge is 2.22. The van der Waals surface area contributed by atoms with Gasteiger partial charge in [-0.25, -0.2) is 4.39 Å². The molecule has 3 N–H and O–H groups in total.